The van der Waals surface area contributed by atoms with Gasteiger partial charge < -0.3 is 9.64 Å². The fraction of sp³-hybridized carbons (Fsp3) is 0.333. The fourth-order valence-corrected chi connectivity index (χ4v) is 4.05. The maximum atomic E-state index is 13.3. The van der Waals surface area contributed by atoms with Crippen LogP contribution in [0.25, 0.3) is 0 Å². The van der Waals surface area contributed by atoms with Gasteiger partial charge in [0.2, 0.25) is 10.0 Å². The molecule has 1 aliphatic heterocycles. The highest BCUT2D eigenvalue weighted by molar-refractivity contribution is 7.89. The molecule has 5 nitrogen and oxygen atoms in total. The Morgan fingerprint density at radius 1 is 1.15 bits per heavy atom. The quantitative estimate of drug-likeness (QED) is 0.834. The summed E-state index contributed by atoms with van der Waals surface area (Å²) < 4.78 is 59.4. The summed E-state index contributed by atoms with van der Waals surface area (Å²) in [6, 6.07) is 7.76. The van der Waals surface area contributed by atoms with Gasteiger partial charge in [0, 0.05) is 25.1 Å². The van der Waals surface area contributed by atoms with Gasteiger partial charge in [0.15, 0.2) is 0 Å². The van der Waals surface area contributed by atoms with E-state index in [0.29, 0.717) is 12.7 Å². The Hall–Kier alpha value is -2.03. The normalized spacial score (nSPS) is 15.0. The van der Waals surface area contributed by atoms with Gasteiger partial charge in [-0.2, -0.15) is 0 Å². The number of halogens is 2. The first-order valence-electron chi connectivity index (χ1n) is 8.14. The molecule has 3 rings (SSSR count). The molecular weight excluding hydrogens is 362 g/mol. The first-order valence-corrected chi connectivity index (χ1v) is 9.62. The summed E-state index contributed by atoms with van der Waals surface area (Å²) in [4.78, 5) is 1.45. The van der Waals surface area contributed by atoms with Crippen molar-refractivity contribution in [3.8, 4) is 5.75 Å². The number of benzene rings is 2. The summed E-state index contributed by atoms with van der Waals surface area (Å²) in [6.45, 7) is 0.705. The van der Waals surface area contributed by atoms with Crippen LogP contribution in [0.5, 0.6) is 5.75 Å². The molecule has 2 aromatic carbocycles. The van der Waals surface area contributed by atoms with E-state index in [-0.39, 0.29) is 12.6 Å². The lowest BCUT2D eigenvalue weighted by Gasteiger charge is -2.25. The van der Waals surface area contributed by atoms with Gasteiger partial charge in [-0.25, -0.2) is 21.9 Å². The van der Waals surface area contributed by atoms with E-state index in [2.05, 4.69) is 4.72 Å². The molecule has 2 aromatic rings. The van der Waals surface area contributed by atoms with Gasteiger partial charge in [0.25, 0.3) is 0 Å². The van der Waals surface area contributed by atoms with E-state index < -0.39 is 26.6 Å². The Morgan fingerprint density at radius 3 is 2.50 bits per heavy atom. The lowest BCUT2D eigenvalue weighted by molar-refractivity contribution is 0.299. The van der Waals surface area contributed by atoms with Crippen molar-refractivity contribution in [2.24, 2.45) is 0 Å². The van der Waals surface area contributed by atoms with Gasteiger partial charge in [-0.15, -0.1) is 0 Å². The molecule has 0 fully saturated rings. The van der Waals surface area contributed by atoms with Crippen LogP contribution in [0.1, 0.15) is 17.2 Å². The zero-order valence-corrected chi connectivity index (χ0v) is 15.3. The molecule has 0 radical (unpaired) electrons. The number of sulfonamides is 1. The predicted molar refractivity (Wildman–Crippen MR) is 93.6 cm³/mol. The van der Waals surface area contributed by atoms with Gasteiger partial charge in [-0.1, -0.05) is 12.1 Å². The fourth-order valence-electron chi connectivity index (χ4n) is 2.97. The first kappa shape index (κ1) is 18.8. The zero-order valence-electron chi connectivity index (χ0n) is 14.5. The second-order valence-electron chi connectivity index (χ2n) is 6.40. The Morgan fingerprint density at radius 2 is 1.85 bits per heavy atom. The average molecular weight is 382 g/mol. The van der Waals surface area contributed by atoms with Crippen LogP contribution in [0.15, 0.2) is 41.3 Å². The summed E-state index contributed by atoms with van der Waals surface area (Å²) in [6.07, 6.45) is 0.817. The molecule has 0 amide bonds. The molecule has 0 aliphatic carbocycles. The van der Waals surface area contributed by atoms with Crippen LogP contribution in [-0.2, 0) is 16.4 Å². The smallest absolute Gasteiger partial charge is 0.240 e. The third-order valence-electron chi connectivity index (χ3n) is 4.33. The maximum Gasteiger partial charge on any atom is 0.240 e. The van der Waals surface area contributed by atoms with Crippen LogP contribution in [0.3, 0.4) is 0 Å². The van der Waals surface area contributed by atoms with Gasteiger partial charge >= 0.3 is 0 Å². The van der Waals surface area contributed by atoms with Crippen molar-refractivity contribution in [3.63, 3.8) is 0 Å². The van der Waals surface area contributed by atoms with Gasteiger partial charge in [0.1, 0.15) is 17.4 Å². The number of likely N-dealkylation sites (N-methyl/N-ethyl adjacent to an activating group) is 1. The molecule has 1 unspecified atom stereocenters. The number of nitrogens with zero attached hydrogens (tertiary/aromatic N) is 1. The van der Waals surface area contributed by atoms with E-state index in [1.165, 1.54) is 0 Å². The van der Waals surface area contributed by atoms with E-state index in [9.17, 15) is 17.2 Å². The van der Waals surface area contributed by atoms with E-state index in [1.807, 2.05) is 37.2 Å². The molecule has 8 heteroatoms. The van der Waals surface area contributed by atoms with Crippen molar-refractivity contribution in [2.45, 2.75) is 17.4 Å². The molecule has 1 aliphatic rings. The Labute approximate surface area is 151 Å². The van der Waals surface area contributed by atoms with Gasteiger partial charge in [-0.05, 0) is 43.4 Å². The molecule has 1 heterocycles. The molecule has 1 N–H and O–H groups in total. The summed E-state index contributed by atoms with van der Waals surface area (Å²) in [5, 5.41) is 0. The highest BCUT2D eigenvalue weighted by atomic mass is 32.2. The van der Waals surface area contributed by atoms with Crippen molar-refractivity contribution in [1.29, 1.82) is 0 Å². The third kappa shape index (κ3) is 4.03. The Bertz CT molecular complexity index is 896. The van der Waals surface area contributed by atoms with Crippen molar-refractivity contribution < 1.29 is 21.9 Å². The topological polar surface area (TPSA) is 58.6 Å². The van der Waals surface area contributed by atoms with Crippen molar-refractivity contribution in [2.75, 3.05) is 27.2 Å². The highest BCUT2D eigenvalue weighted by Gasteiger charge is 2.22. The van der Waals surface area contributed by atoms with Crippen LogP contribution < -0.4 is 9.46 Å². The lowest BCUT2D eigenvalue weighted by Crippen LogP contribution is -2.34. The van der Waals surface area contributed by atoms with Gasteiger partial charge in [-0.3, -0.25) is 0 Å². The van der Waals surface area contributed by atoms with Crippen molar-refractivity contribution in [3.05, 3.63) is 59.2 Å². The van der Waals surface area contributed by atoms with Crippen molar-refractivity contribution >= 4 is 10.0 Å². The first-order chi connectivity index (χ1) is 12.3. The molecule has 0 aromatic heterocycles. The summed E-state index contributed by atoms with van der Waals surface area (Å²) in [5.74, 6) is -1.02. The number of ether oxygens (including phenoxy) is 1. The second-order valence-corrected chi connectivity index (χ2v) is 8.17. The monoisotopic (exact) mass is 382 g/mol. The standard InChI is InChI=1S/C18H20F2N2O3S/c1-22(2)17(12-3-4-18-13(7-12)5-6-25-18)11-21-26(23,24)16-9-14(19)8-15(20)10-16/h3-4,7-10,17,21H,5-6,11H2,1-2H3. The van der Waals surface area contributed by atoms with E-state index in [1.54, 1.807) is 0 Å². The second kappa shape index (κ2) is 7.30. The Kier molecular flexibility index (Phi) is 5.27. The minimum Gasteiger partial charge on any atom is -0.493 e. The number of hydrogen-bond acceptors (Lipinski definition) is 4. The van der Waals surface area contributed by atoms with E-state index in [4.69, 9.17) is 4.74 Å². The molecule has 1 atom stereocenters. The summed E-state index contributed by atoms with van der Waals surface area (Å²) in [5.41, 5.74) is 2.02. The van der Waals surface area contributed by atoms with Crippen LogP contribution in [0, 0.1) is 11.6 Å². The van der Waals surface area contributed by atoms with Crippen LogP contribution in [0.4, 0.5) is 8.78 Å². The van der Waals surface area contributed by atoms with Crippen LogP contribution >= 0.6 is 0 Å². The molecule has 0 spiro atoms. The van der Waals surface area contributed by atoms with Crippen molar-refractivity contribution in [1.82, 2.24) is 9.62 Å². The van der Waals surface area contributed by atoms with Gasteiger partial charge in [0.05, 0.1) is 11.5 Å². The van der Waals surface area contributed by atoms with E-state index >= 15 is 0 Å². The SMILES string of the molecule is CN(C)C(CNS(=O)(=O)c1cc(F)cc(F)c1)c1ccc2c(c1)CCO2. The predicted octanol–water partition coefficient (Wildman–Crippen LogP) is 2.48. The number of fused-ring (bicyclic) bond motifs is 1. The molecular formula is C18H20F2N2O3S. The van der Waals surface area contributed by atoms with Crippen LogP contribution in [0.2, 0.25) is 0 Å². The molecule has 140 valence electrons. The number of rotatable bonds is 6. The largest absolute Gasteiger partial charge is 0.493 e. The Balaban J connectivity index is 1.80. The molecule has 0 saturated carbocycles. The maximum absolute atomic E-state index is 13.3. The van der Waals surface area contributed by atoms with E-state index in [0.717, 1.165) is 35.4 Å². The van der Waals surface area contributed by atoms with Crippen LogP contribution in [-0.4, -0.2) is 40.6 Å². The summed E-state index contributed by atoms with van der Waals surface area (Å²) >= 11 is 0. The molecule has 26 heavy (non-hydrogen) atoms. The molecule has 0 saturated heterocycles. The highest BCUT2D eigenvalue weighted by Crippen LogP contribution is 2.29. The molecule has 0 bridgehead atoms. The minimum absolute atomic E-state index is 0.0626. The third-order valence-corrected chi connectivity index (χ3v) is 5.74. The zero-order chi connectivity index (χ0) is 18.9. The minimum atomic E-state index is -4.03. The lowest BCUT2D eigenvalue weighted by atomic mass is 10.0. The summed E-state index contributed by atoms with van der Waals surface area (Å²) in [7, 11) is -0.359. The average Bonchev–Trinajstić information content (AvgIpc) is 3.01. The number of hydrogen-bond donors (Lipinski definition) is 1. The number of nitrogens with one attached hydrogen (secondary N) is 1.